The third-order valence-corrected chi connectivity index (χ3v) is 10.4. The zero-order valence-electron chi connectivity index (χ0n) is 28.7. The zero-order valence-corrected chi connectivity index (χ0v) is 29.5. The Morgan fingerprint density at radius 2 is 1.92 bits per heavy atom. The van der Waals surface area contributed by atoms with Gasteiger partial charge in [-0.25, -0.2) is 14.6 Å². The molecule has 13 heteroatoms. The molecule has 12 nitrogen and oxygen atoms in total. The van der Waals surface area contributed by atoms with Crippen LogP contribution in [-0.4, -0.2) is 81.8 Å². The van der Waals surface area contributed by atoms with Crippen LogP contribution in [0.5, 0.6) is 11.6 Å². The fourth-order valence-corrected chi connectivity index (χ4v) is 7.48. The number of amides is 3. The number of benzene rings is 1. The Labute approximate surface area is 297 Å². The Morgan fingerprint density at radius 3 is 2.68 bits per heavy atom. The number of carboxylic acids is 1. The van der Waals surface area contributed by atoms with Crippen molar-refractivity contribution in [3.63, 3.8) is 0 Å². The Hall–Kier alpha value is -4.06. The fraction of sp³-hybridized carbons (Fsp3) is 0.595. The second-order valence-corrected chi connectivity index (χ2v) is 14.9. The Kier molecular flexibility index (Phi) is 11.0. The lowest BCUT2D eigenvalue weighted by atomic mass is 10.0. The molecule has 3 fully saturated rings. The van der Waals surface area contributed by atoms with Crippen LogP contribution in [-0.2, 0) is 19.1 Å². The number of carboxylic acid groups (broad SMARTS) is 1. The number of alkyl carbamates (subject to hydrolysis) is 1. The molecule has 3 N–H and O–H groups in total. The maximum atomic E-state index is 14.1. The van der Waals surface area contributed by atoms with Crippen LogP contribution in [0.1, 0.15) is 84.5 Å². The van der Waals surface area contributed by atoms with E-state index in [0.29, 0.717) is 40.6 Å². The molecular weight excluding hydrogens is 664 g/mol. The van der Waals surface area contributed by atoms with E-state index in [0.717, 1.165) is 44.9 Å². The molecule has 1 saturated heterocycles. The first-order valence-electron chi connectivity index (χ1n) is 17.9. The molecular formula is C37H47ClN4O8. The van der Waals surface area contributed by atoms with Gasteiger partial charge < -0.3 is 34.9 Å². The highest BCUT2D eigenvalue weighted by Gasteiger charge is 2.61. The monoisotopic (exact) mass is 710 g/mol. The molecule has 50 heavy (non-hydrogen) atoms. The van der Waals surface area contributed by atoms with Crippen molar-refractivity contribution in [1.82, 2.24) is 20.5 Å². The van der Waals surface area contributed by atoms with Gasteiger partial charge in [0.1, 0.15) is 29.5 Å². The zero-order chi connectivity index (χ0) is 35.4. The minimum Gasteiger partial charge on any atom is -0.488 e. The van der Waals surface area contributed by atoms with Gasteiger partial charge in [0.05, 0.1) is 23.7 Å². The standard InChI is InChI=1S/C37H47ClN4O8/c1-22(2)21-48-31-18-30(27-14-9-15-28(38)33(27)40-31)49-26-17-29-34(44)41-37(35(45)46)19-23(37)10-5-3-4-6-11-24(16-32(43)42(29)20-26)39-36(47)50-25-12-7-8-13-25/h5,9-10,14-15,18,22-26,29H,3-4,6-8,11-13,16-17,19-21H2,1-2H3,(H,39,47)(H,41,44)(H,45,46)/b10-5-/t23-,24-,26+,29-,37+/m0/s1. The summed E-state index contributed by atoms with van der Waals surface area (Å²) in [4.78, 5) is 59.4. The van der Waals surface area contributed by atoms with E-state index in [1.165, 1.54) is 4.90 Å². The summed E-state index contributed by atoms with van der Waals surface area (Å²) < 4.78 is 18.1. The third-order valence-electron chi connectivity index (χ3n) is 10.1. The van der Waals surface area contributed by atoms with Crippen LogP contribution in [0, 0.1) is 11.8 Å². The molecule has 1 aromatic carbocycles. The van der Waals surface area contributed by atoms with Crippen molar-refractivity contribution in [2.24, 2.45) is 11.8 Å². The van der Waals surface area contributed by atoms with E-state index >= 15 is 0 Å². The quantitative estimate of drug-likeness (QED) is 0.289. The number of carbonyl (C=O) groups is 4. The van der Waals surface area contributed by atoms with Crippen LogP contribution in [0.25, 0.3) is 10.9 Å². The van der Waals surface area contributed by atoms with Crippen molar-refractivity contribution < 1.29 is 38.5 Å². The van der Waals surface area contributed by atoms with Gasteiger partial charge in [0, 0.05) is 36.3 Å². The predicted octanol–water partition coefficient (Wildman–Crippen LogP) is 5.79. The Morgan fingerprint density at radius 1 is 1.14 bits per heavy atom. The highest BCUT2D eigenvalue weighted by Crippen LogP contribution is 2.45. The van der Waals surface area contributed by atoms with Crippen LogP contribution < -0.4 is 20.1 Å². The molecule has 0 radical (unpaired) electrons. The predicted molar refractivity (Wildman–Crippen MR) is 186 cm³/mol. The molecule has 3 heterocycles. The summed E-state index contributed by atoms with van der Waals surface area (Å²) >= 11 is 6.53. The molecule has 5 atom stereocenters. The number of rotatable bonds is 8. The second-order valence-electron chi connectivity index (χ2n) is 14.5. The minimum atomic E-state index is -1.42. The average molecular weight is 711 g/mol. The number of aliphatic carboxylic acids is 1. The summed E-state index contributed by atoms with van der Waals surface area (Å²) in [5.41, 5.74) is -0.919. The molecule has 270 valence electrons. The number of pyridine rings is 1. The summed E-state index contributed by atoms with van der Waals surface area (Å²) in [6.07, 6.45) is 9.44. The lowest BCUT2D eigenvalue weighted by Gasteiger charge is -2.27. The molecule has 1 aromatic heterocycles. The van der Waals surface area contributed by atoms with Crippen molar-refractivity contribution in [1.29, 1.82) is 0 Å². The third kappa shape index (κ3) is 8.28. The van der Waals surface area contributed by atoms with E-state index in [4.69, 9.17) is 25.8 Å². The average Bonchev–Trinajstić information content (AvgIpc) is 3.35. The first-order valence-corrected chi connectivity index (χ1v) is 18.3. The van der Waals surface area contributed by atoms with Gasteiger partial charge in [-0.05, 0) is 69.4 Å². The fourth-order valence-electron chi connectivity index (χ4n) is 7.26. The maximum Gasteiger partial charge on any atom is 0.407 e. The molecule has 4 aliphatic rings. The van der Waals surface area contributed by atoms with Gasteiger partial charge in [0.25, 0.3) is 0 Å². The van der Waals surface area contributed by atoms with Gasteiger partial charge in [-0.1, -0.05) is 50.1 Å². The molecule has 0 bridgehead atoms. The van der Waals surface area contributed by atoms with E-state index in [-0.39, 0.29) is 49.7 Å². The summed E-state index contributed by atoms with van der Waals surface area (Å²) in [5.74, 6) is -1.30. The number of ether oxygens (including phenoxy) is 3. The van der Waals surface area contributed by atoms with Crippen LogP contribution in [0.15, 0.2) is 36.4 Å². The number of carbonyl (C=O) groups excluding carboxylic acids is 3. The summed E-state index contributed by atoms with van der Waals surface area (Å²) in [7, 11) is 0. The number of hydrogen-bond acceptors (Lipinski definition) is 8. The molecule has 2 aliphatic heterocycles. The highest BCUT2D eigenvalue weighted by atomic mass is 35.5. The molecule has 6 rings (SSSR count). The second kappa shape index (κ2) is 15.4. The van der Waals surface area contributed by atoms with Gasteiger partial charge >= 0.3 is 12.1 Å². The molecule has 2 aromatic rings. The van der Waals surface area contributed by atoms with Gasteiger partial charge in [-0.2, -0.15) is 0 Å². The van der Waals surface area contributed by atoms with Crippen LogP contribution in [0.2, 0.25) is 5.02 Å². The van der Waals surface area contributed by atoms with E-state index < -0.39 is 41.7 Å². The molecule has 0 unspecified atom stereocenters. The summed E-state index contributed by atoms with van der Waals surface area (Å²) in [5, 5.41) is 17.0. The number of allylic oxidation sites excluding steroid dienone is 1. The number of aromatic nitrogens is 1. The van der Waals surface area contributed by atoms with Crippen LogP contribution in [0.3, 0.4) is 0 Å². The molecule has 3 amide bonds. The van der Waals surface area contributed by atoms with Gasteiger partial charge in [-0.3, -0.25) is 9.59 Å². The van der Waals surface area contributed by atoms with Crippen LogP contribution >= 0.6 is 11.6 Å². The topological polar surface area (TPSA) is 156 Å². The van der Waals surface area contributed by atoms with Gasteiger partial charge in [0.2, 0.25) is 17.7 Å². The number of nitrogens with zero attached hydrogens (tertiary/aromatic N) is 2. The first-order chi connectivity index (χ1) is 24.0. The van der Waals surface area contributed by atoms with Crippen molar-refractivity contribution in [3.8, 4) is 11.6 Å². The van der Waals surface area contributed by atoms with E-state index in [1.54, 1.807) is 18.2 Å². The van der Waals surface area contributed by atoms with E-state index in [1.807, 2.05) is 32.1 Å². The number of para-hydroxylation sites is 1. The minimum absolute atomic E-state index is 0.0419. The number of nitrogens with one attached hydrogen (secondary N) is 2. The summed E-state index contributed by atoms with van der Waals surface area (Å²) in [6, 6.07) is 5.56. The SMILES string of the molecule is CC(C)COc1cc(O[C@@H]2C[C@H]3C(=O)N[C@]4(C(=O)O)C[C@@H]4/C=C\CCCC[C@H](NC(=O)OC4CCCC4)CC(=O)N3C2)c2cccc(Cl)c2n1. The Bertz CT molecular complexity index is 1630. The Balaban J connectivity index is 1.26. The number of halogens is 1. The maximum absolute atomic E-state index is 14.1. The number of hydrogen-bond donors (Lipinski definition) is 3. The highest BCUT2D eigenvalue weighted by molar-refractivity contribution is 6.35. The van der Waals surface area contributed by atoms with Crippen molar-refractivity contribution in [2.75, 3.05) is 13.2 Å². The van der Waals surface area contributed by atoms with E-state index in [9.17, 15) is 24.3 Å². The molecule has 0 spiro atoms. The van der Waals surface area contributed by atoms with E-state index in [2.05, 4.69) is 15.6 Å². The smallest absolute Gasteiger partial charge is 0.407 e. The first kappa shape index (κ1) is 35.8. The number of fused-ring (bicyclic) bond motifs is 3. The summed E-state index contributed by atoms with van der Waals surface area (Å²) in [6.45, 7) is 4.56. The van der Waals surface area contributed by atoms with Crippen LogP contribution in [0.4, 0.5) is 4.79 Å². The van der Waals surface area contributed by atoms with Gasteiger partial charge in [-0.15, -0.1) is 0 Å². The van der Waals surface area contributed by atoms with Crippen molar-refractivity contribution >= 4 is 46.4 Å². The normalized spacial score (nSPS) is 28.2. The van der Waals surface area contributed by atoms with Crippen molar-refractivity contribution in [3.05, 3.63) is 41.4 Å². The van der Waals surface area contributed by atoms with Crippen molar-refractivity contribution in [2.45, 2.75) is 114 Å². The lowest BCUT2D eigenvalue weighted by molar-refractivity contribution is -0.145. The van der Waals surface area contributed by atoms with Gasteiger partial charge in [0.15, 0.2) is 0 Å². The molecule has 2 saturated carbocycles. The largest absolute Gasteiger partial charge is 0.488 e. The lowest BCUT2D eigenvalue weighted by Crippen LogP contribution is -2.53. The molecule has 2 aliphatic carbocycles.